The average molecular weight is 347 g/mol. The summed E-state index contributed by atoms with van der Waals surface area (Å²) in [4.78, 5) is 18.7. The van der Waals surface area contributed by atoms with Crippen LogP contribution in [0.2, 0.25) is 0 Å². The predicted molar refractivity (Wildman–Crippen MR) is 92.0 cm³/mol. The van der Waals surface area contributed by atoms with Gasteiger partial charge in [0, 0.05) is 30.1 Å². The molecular weight excluding hydrogens is 326 g/mol. The fraction of sp³-hybridized carbons (Fsp3) is 0.471. The minimum absolute atomic E-state index is 0.0541. The lowest BCUT2D eigenvalue weighted by atomic mass is 10.0. The van der Waals surface area contributed by atoms with Crippen LogP contribution in [0.25, 0.3) is 0 Å². The van der Waals surface area contributed by atoms with E-state index < -0.39 is 6.09 Å². The number of hydrogen-bond donors (Lipinski definition) is 1. The highest BCUT2D eigenvalue weighted by Crippen LogP contribution is 2.34. The van der Waals surface area contributed by atoms with E-state index in [0.717, 1.165) is 24.8 Å². The molecule has 3 rings (SSSR count). The molecule has 1 heterocycles. The van der Waals surface area contributed by atoms with E-state index in [1.165, 1.54) is 11.5 Å². The average Bonchev–Trinajstić information content (AvgIpc) is 3.23. The second-order valence-electron chi connectivity index (χ2n) is 5.98. The first-order valence-electron chi connectivity index (χ1n) is 8.10. The number of aromatic nitrogens is 2. The Kier molecular flexibility index (Phi) is 5.42. The van der Waals surface area contributed by atoms with E-state index in [9.17, 15) is 9.90 Å². The zero-order valence-corrected chi connectivity index (χ0v) is 14.4. The number of ether oxygens (including phenoxy) is 1. The first-order valence-corrected chi connectivity index (χ1v) is 8.87. The van der Waals surface area contributed by atoms with E-state index in [4.69, 9.17) is 4.74 Å². The van der Waals surface area contributed by atoms with Gasteiger partial charge in [-0.05, 0) is 25.3 Å². The van der Waals surface area contributed by atoms with E-state index >= 15 is 0 Å². The molecule has 1 saturated carbocycles. The molecule has 6 nitrogen and oxygen atoms in total. The lowest BCUT2D eigenvalue weighted by Gasteiger charge is -2.29. The van der Waals surface area contributed by atoms with Gasteiger partial charge in [-0.15, -0.1) is 0 Å². The van der Waals surface area contributed by atoms with Crippen LogP contribution in [0.3, 0.4) is 0 Å². The third kappa shape index (κ3) is 3.73. The highest BCUT2D eigenvalue weighted by atomic mass is 32.1. The largest absolute Gasteiger partial charge is 0.444 e. The zero-order chi connectivity index (χ0) is 16.9. The number of nitrogens with zero attached hydrogens (tertiary/aromatic N) is 3. The molecule has 0 spiro atoms. The molecule has 1 fully saturated rings. The van der Waals surface area contributed by atoms with Crippen molar-refractivity contribution in [3.63, 3.8) is 0 Å². The second kappa shape index (κ2) is 7.72. The molecule has 0 aliphatic heterocycles. The van der Waals surface area contributed by atoms with Gasteiger partial charge in [-0.2, -0.15) is 4.37 Å². The van der Waals surface area contributed by atoms with Gasteiger partial charge in [0.15, 0.2) is 0 Å². The number of amides is 1. The Balaban J connectivity index is 1.77. The van der Waals surface area contributed by atoms with Crippen LogP contribution in [0.4, 0.5) is 9.93 Å². The van der Waals surface area contributed by atoms with Gasteiger partial charge in [-0.25, -0.2) is 14.7 Å². The fourth-order valence-corrected chi connectivity index (χ4v) is 3.82. The monoisotopic (exact) mass is 347 g/mol. The molecule has 0 radical (unpaired) electrons. The van der Waals surface area contributed by atoms with Crippen molar-refractivity contribution in [2.75, 3.05) is 11.5 Å². The molecule has 0 bridgehead atoms. The number of benzene rings is 1. The van der Waals surface area contributed by atoms with E-state index in [1.54, 1.807) is 11.8 Å². The van der Waals surface area contributed by atoms with Crippen LogP contribution in [-0.2, 0) is 11.3 Å². The topological polar surface area (TPSA) is 75.6 Å². The quantitative estimate of drug-likeness (QED) is 0.899. The summed E-state index contributed by atoms with van der Waals surface area (Å²) in [5, 5.41) is 10.2. The third-order valence-electron chi connectivity index (χ3n) is 4.31. The van der Waals surface area contributed by atoms with Crippen molar-refractivity contribution in [2.24, 2.45) is 5.92 Å². The first-order chi connectivity index (χ1) is 11.7. The third-order valence-corrected chi connectivity index (χ3v) is 5.12. The summed E-state index contributed by atoms with van der Waals surface area (Å²) in [5.74, 6) is 0.688. The van der Waals surface area contributed by atoms with Crippen molar-refractivity contribution < 1.29 is 14.6 Å². The molecule has 1 N–H and O–H groups in total. The molecule has 1 aliphatic rings. The van der Waals surface area contributed by atoms with Crippen LogP contribution in [0.1, 0.15) is 30.7 Å². The molecule has 2 aromatic rings. The number of rotatable bonds is 5. The summed E-state index contributed by atoms with van der Waals surface area (Å²) in [6.45, 7) is 2.07. The summed E-state index contributed by atoms with van der Waals surface area (Å²) in [6.07, 6.45) is 2.29. The number of aryl methyl sites for hydroxylation is 1. The Hall–Kier alpha value is -1.99. The Morgan fingerprint density at radius 2 is 2.17 bits per heavy atom. The van der Waals surface area contributed by atoms with Crippen LogP contribution in [0.15, 0.2) is 30.3 Å². The van der Waals surface area contributed by atoms with E-state index in [0.29, 0.717) is 11.0 Å². The minimum atomic E-state index is -0.430. The zero-order valence-electron chi connectivity index (χ0n) is 13.6. The van der Waals surface area contributed by atoms with Gasteiger partial charge in [-0.1, -0.05) is 36.8 Å². The molecule has 2 unspecified atom stereocenters. The van der Waals surface area contributed by atoms with Crippen LogP contribution in [0, 0.1) is 12.8 Å². The summed E-state index contributed by atoms with van der Waals surface area (Å²) in [6, 6.07) is 9.48. The maximum absolute atomic E-state index is 12.7. The number of hydrogen-bond acceptors (Lipinski definition) is 6. The maximum Gasteiger partial charge on any atom is 0.416 e. The van der Waals surface area contributed by atoms with Crippen LogP contribution in [0.5, 0.6) is 0 Å². The van der Waals surface area contributed by atoms with Gasteiger partial charge in [-0.3, -0.25) is 0 Å². The van der Waals surface area contributed by atoms with Crippen molar-refractivity contribution in [1.29, 1.82) is 0 Å². The van der Waals surface area contributed by atoms with Crippen molar-refractivity contribution >= 4 is 22.8 Å². The van der Waals surface area contributed by atoms with E-state index in [-0.39, 0.29) is 25.2 Å². The highest BCUT2D eigenvalue weighted by Gasteiger charge is 2.37. The first kappa shape index (κ1) is 16.9. The summed E-state index contributed by atoms with van der Waals surface area (Å²) < 4.78 is 9.68. The summed E-state index contributed by atoms with van der Waals surface area (Å²) in [5.41, 5.74) is 0.935. The molecule has 1 aromatic carbocycles. The number of carbonyl (C=O) groups is 1. The van der Waals surface area contributed by atoms with Gasteiger partial charge in [0.2, 0.25) is 5.13 Å². The number of carbonyl (C=O) groups excluding carboxylic acids is 1. The Bertz CT molecular complexity index is 677. The second-order valence-corrected chi connectivity index (χ2v) is 6.71. The maximum atomic E-state index is 12.7. The van der Waals surface area contributed by atoms with Crippen molar-refractivity contribution in [3.05, 3.63) is 41.7 Å². The lowest BCUT2D eigenvalue weighted by Crippen LogP contribution is -2.43. The predicted octanol–water partition coefficient (Wildman–Crippen LogP) is 3.15. The van der Waals surface area contributed by atoms with Crippen LogP contribution >= 0.6 is 11.5 Å². The molecular formula is C17H21N3O3S. The smallest absolute Gasteiger partial charge is 0.416 e. The molecule has 1 aliphatic carbocycles. The minimum Gasteiger partial charge on any atom is -0.444 e. The molecule has 1 aromatic heterocycles. The summed E-state index contributed by atoms with van der Waals surface area (Å²) >= 11 is 1.19. The Morgan fingerprint density at radius 3 is 2.83 bits per heavy atom. The van der Waals surface area contributed by atoms with Crippen LogP contribution in [-0.4, -0.2) is 33.2 Å². The van der Waals surface area contributed by atoms with Gasteiger partial charge < -0.3 is 9.84 Å². The van der Waals surface area contributed by atoms with Gasteiger partial charge in [0.25, 0.3) is 0 Å². The van der Waals surface area contributed by atoms with Gasteiger partial charge in [0.1, 0.15) is 12.4 Å². The molecule has 24 heavy (non-hydrogen) atoms. The van der Waals surface area contributed by atoms with E-state index in [1.807, 2.05) is 30.3 Å². The van der Waals surface area contributed by atoms with Crippen molar-refractivity contribution in [3.8, 4) is 0 Å². The summed E-state index contributed by atoms with van der Waals surface area (Å²) in [7, 11) is 0. The lowest BCUT2D eigenvalue weighted by molar-refractivity contribution is 0.139. The van der Waals surface area contributed by atoms with E-state index in [2.05, 4.69) is 9.36 Å². The number of aliphatic hydroxyl groups excluding tert-OH is 1. The normalized spacial score (nSPS) is 20.1. The highest BCUT2D eigenvalue weighted by molar-refractivity contribution is 7.09. The van der Waals surface area contributed by atoms with Gasteiger partial charge >= 0.3 is 6.09 Å². The van der Waals surface area contributed by atoms with Crippen molar-refractivity contribution in [1.82, 2.24) is 9.36 Å². The molecule has 0 saturated heterocycles. The molecule has 1 amide bonds. The van der Waals surface area contributed by atoms with Gasteiger partial charge in [0.05, 0.1) is 0 Å². The fourth-order valence-electron chi connectivity index (χ4n) is 3.10. The van der Waals surface area contributed by atoms with Crippen molar-refractivity contribution in [2.45, 2.75) is 38.8 Å². The SMILES string of the molecule is Cc1nsc(N(C(=O)OCc2ccccc2)C2CCCC2CO)n1. The standard InChI is InChI=1S/C17H21N3O3S/c1-12-18-16(24-19-12)20(15-9-5-8-14(15)10-21)17(22)23-11-13-6-3-2-4-7-13/h2-4,6-7,14-15,21H,5,8-11H2,1H3. The Morgan fingerprint density at radius 1 is 1.38 bits per heavy atom. The number of aliphatic hydroxyl groups is 1. The van der Waals surface area contributed by atoms with Crippen LogP contribution < -0.4 is 4.90 Å². The molecule has 2 atom stereocenters. The number of anilines is 1. The molecule has 128 valence electrons. The molecule has 7 heteroatoms. The Labute approximate surface area is 145 Å².